The third-order valence-corrected chi connectivity index (χ3v) is 3.38. The molecule has 0 aliphatic carbocycles. The Hall–Kier alpha value is -2.79. The molecule has 0 saturated carbocycles. The quantitative estimate of drug-likeness (QED) is 0.673. The molecule has 4 N–H and O–H groups in total. The Morgan fingerprint density at radius 3 is 2.18 bits per heavy atom. The lowest BCUT2D eigenvalue weighted by Crippen LogP contribution is -2.05. The molecule has 1 heterocycles. The van der Waals surface area contributed by atoms with Crippen LogP contribution in [0.5, 0.6) is 0 Å². The van der Waals surface area contributed by atoms with Crippen LogP contribution < -0.4 is 16.4 Å². The van der Waals surface area contributed by atoms with Crippen LogP contribution in [0.15, 0.2) is 60.9 Å². The van der Waals surface area contributed by atoms with Crippen LogP contribution in [-0.2, 0) is 0 Å². The van der Waals surface area contributed by atoms with Crippen molar-refractivity contribution in [1.29, 1.82) is 0 Å². The number of para-hydroxylation sites is 2. The Labute approximate surface area is 133 Å². The van der Waals surface area contributed by atoms with Gasteiger partial charge in [-0.1, -0.05) is 41.9 Å². The molecule has 22 heavy (non-hydrogen) atoms. The maximum Gasteiger partial charge on any atom is 0.159 e. The highest BCUT2D eigenvalue weighted by atomic mass is 35.5. The number of benzene rings is 2. The first-order valence-electron chi connectivity index (χ1n) is 6.68. The highest BCUT2D eigenvalue weighted by molar-refractivity contribution is 6.33. The lowest BCUT2D eigenvalue weighted by molar-refractivity contribution is 1.17. The molecule has 110 valence electrons. The standard InChI is InChI=1S/C16H14ClN5/c17-12-8-4-5-9-13(12)22-16-14(18)15(19-10-20-16)21-11-6-2-1-3-7-11/h1-10H,18H2,(H2,19,20,21,22). The maximum absolute atomic E-state index is 6.14. The summed E-state index contributed by atoms with van der Waals surface area (Å²) in [5.41, 5.74) is 8.19. The number of hydrogen-bond acceptors (Lipinski definition) is 5. The van der Waals surface area contributed by atoms with Gasteiger partial charge in [-0.15, -0.1) is 0 Å². The van der Waals surface area contributed by atoms with E-state index >= 15 is 0 Å². The molecule has 5 nitrogen and oxygen atoms in total. The Bertz CT molecular complexity index is 776. The van der Waals surface area contributed by atoms with Crippen molar-refractivity contribution < 1.29 is 0 Å². The average molecular weight is 312 g/mol. The number of aromatic nitrogens is 2. The molecule has 0 aliphatic rings. The zero-order valence-electron chi connectivity index (χ0n) is 11.6. The summed E-state index contributed by atoms with van der Waals surface area (Å²) in [5, 5.41) is 6.88. The molecule has 0 amide bonds. The molecule has 0 spiro atoms. The number of halogens is 1. The third-order valence-electron chi connectivity index (χ3n) is 3.05. The molecule has 3 rings (SSSR count). The molecular formula is C16H14ClN5. The van der Waals surface area contributed by atoms with Crippen molar-refractivity contribution in [3.63, 3.8) is 0 Å². The van der Waals surface area contributed by atoms with Gasteiger partial charge in [0.1, 0.15) is 12.0 Å². The summed E-state index contributed by atoms with van der Waals surface area (Å²) >= 11 is 6.13. The SMILES string of the molecule is Nc1c(Nc2ccccc2)ncnc1Nc1ccccc1Cl. The van der Waals surface area contributed by atoms with E-state index in [0.717, 1.165) is 11.4 Å². The van der Waals surface area contributed by atoms with Gasteiger partial charge >= 0.3 is 0 Å². The van der Waals surface area contributed by atoms with Gasteiger partial charge in [0.2, 0.25) is 0 Å². The Balaban J connectivity index is 1.88. The van der Waals surface area contributed by atoms with Crippen LogP contribution in [-0.4, -0.2) is 9.97 Å². The van der Waals surface area contributed by atoms with Gasteiger partial charge in [-0.2, -0.15) is 0 Å². The van der Waals surface area contributed by atoms with Crippen LogP contribution in [0.2, 0.25) is 5.02 Å². The first-order valence-corrected chi connectivity index (χ1v) is 7.06. The average Bonchev–Trinajstić information content (AvgIpc) is 2.54. The van der Waals surface area contributed by atoms with E-state index in [2.05, 4.69) is 20.6 Å². The first-order chi connectivity index (χ1) is 10.7. The van der Waals surface area contributed by atoms with Crippen molar-refractivity contribution in [3.05, 3.63) is 65.9 Å². The van der Waals surface area contributed by atoms with Gasteiger partial charge < -0.3 is 16.4 Å². The van der Waals surface area contributed by atoms with Crippen LogP contribution in [0, 0.1) is 0 Å². The summed E-state index contributed by atoms with van der Waals surface area (Å²) < 4.78 is 0. The van der Waals surface area contributed by atoms with E-state index in [1.807, 2.05) is 48.5 Å². The molecule has 2 aromatic carbocycles. The number of nitrogens with zero attached hydrogens (tertiary/aromatic N) is 2. The zero-order chi connectivity index (χ0) is 15.4. The highest BCUT2D eigenvalue weighted by Crippen LogP contribution is 2.30. The number of nitrogens with two attached hydrogens (primary N) is 1. The van der Waals surface area contributed by atoms with E-state index in [1.165, 1.54) is 6.33 Å². The fourth-order valence-corrected chi connectivity index (χ4v) is 2.13. The zero-order valence-corrected chi connectivity index (χ0v) is 12.4. The maximum atomic E-state index is 6.14. The van der Waals surface area contributed by atoms with Crippen LogP contribution >= 0.6 is 11.6 Å². The minimum atomic E-state index is 0.422. The fraction of sp³-hybridized carbons (Fsp3) is 0. The molecule has 0 saturated heterocycles. The summed E-state index contributed by atoms with van der Waals surface area (Å²) in [4.78, 5) is 8.35. The molecule has 0 radical (unpaired) electrons. The van der Waals surface area contributed by atoms with Crippen LogP contribution in [0.1, 0.15) is 0 Å². The molecule has 0 fully saturated rings. The summed E-state index contributed by atoms with van der Waals surface area (Å²) in [5.74, 6) is 1.04. The summed E-state index contributed by atoms with van der Waals surface area (Å²) in [6, 6.07) is 17.1. The van der Waals surface area contributed by atoms with Crippen molar-refractivity contribution in [1.82, 2.24) is 9.97 Å². The molecule has 6 heteroatoms. The Morgan fingerprint density at radius 2 is 1.45 bits per heavy atom. The van der Waals surface area contributed by atoms with Gasteiger partial charge in [-0.3, -0.25) is 0 Å². The molecule has 0 bridgehead atoms. The van der Waals surface area contributed by atoms with Crippen LogP contribution in [0.25, 0.3) is 0 Å². The van der Waals surface area contributed by atoms with Gasteiger partial charge in [0.05, 0.1) is 10.7 Å². The molecular weight excluding hydrogens is 298 g/mol. The molecule has 0 unspecified atom stereocenters. The molecule has 3 aromatic rings. The van der Waals surface area contributed by atoms with Crippen molar-refractivity contribution in [2.45, 2.75) is 0 Å². The van der Waals surface area contributed by atoms with Crippen LogP contribution in [0.3, 0.4) is 0 Å². The van der Waals surface area contributed by atoms with Gasteiger partial charge in [0.15, 0.2) is 11.6 Å². The summed E-state index contributed by atoms with van der Waals surface area (Å²) in [6.07, 6.45) is 1.45. The predicted molar refractivity (Wildman–Crippen MR) is 90.9 cm³/mol. The second-order valence-electron chi connectivity index (χ2n) is 4.58. The van der Waals surface area contributed by atoms with Crippen molar-refractivity contribution in [2.75, 3.05) is 16.4 Å². The Morgan fingerprint density at radius 1 is 0.818 bits per heavy atom. The van der Waals surface area contributed by atoms with Gasteiger partial charge in [-0.25, -0.2) is 9.97 Å². The van der Waals surface area contributed by atoms with E-state index in [9.17, 15) is 0 Å². The predicted octanol–water partition coefficient (Wildman–Crippen LogP) is 4.20. The molecule has 1 aromatic heterocycles. The second-order valence-corrected chi connectivity index (χ2v) is 4.99. The fourth-order valence-electron chi connectivity index (χ4n) is 1.94. The second kappa shape index (κ2) is 6.32. The van der Waals surface area contributed by atoms with E-state index < -0.39 is 0 Å². The van der Waals surface area contributed by atoms with Gasteiger partial charge in [0, 0.05) is 5.69 Å². The number of nitrogen functional groups attached to an aromatic ring is 1. The van der Waals surface area contributed by atoms with Gasteiger partial charge in [0.25, 0.3) is 0 Å². The minimum absolute atomic E-state index is 0.422. The van der Waals surface area contributed by atoms with Crippen molar-refractivity contribution in [2.24, 2.45) is 0 Å². The number of hydrogen-bond donors (Lipinski definition) is 3. The molecule has 0 aliphatic heterocycles. The van der Waals surface area contributed by atoms with E-state index in [1.54, 1.807) is 6.07 Å². The smallest absolute Gasteiger partial charge is 0.159 e. The first kappa shape index (κ1) is 14.2. The summed E-state index contributed by atoms with van der Waals surface area (Å²) in [7, 11) is 0. The van der Waals surface area contributed by atoms with E-state index in [-0.39, 0.29) is 0 Å². The van der Waals surface area contributed by atoms with Crippen molar-refractivity contribution >= 4 is 40.3 Å². The van der Waals surface area contributed by atoms with E-state index in [0.29, 0.717) is 22.3 Å². The highest BCUT2D eigenvalue weighted by Gasteiger charge is 2.09. The summed E-state index contributed by atoms with van der Waals surface area (Å²) in [6.45, 7) is 0. The van der Waals surface area contributed by atoms with E-state index in [4.69, 9.17) is 17.3 Å². The van der Waals surface area contributed by atoms with Crippen molar-refractivity contribution in [3.8, 4) is 0 Å². The monoisotopic (exact) mass is 311 g/mol. The lowest BCUT2D eigenvalue weighted by atomic mass is 10.3. The topological polar surface area (TPSA) is 75.9 Å². The largest absolute Gasteiger partial charge is 0.393 e. The Kier molecular flexibility index (Phi) is 4.07. The lowest BCUT2D eigenvalue weighted by Gasteiger charge is -2.13. The van der Waals surface area contributed by atoms with Crippen LogP contribution in [0.4, 0.5) is 28.7 Å². The normalized spacial score (nSPS) is 10.2. The number of rotatable bonds is 4. The minimum Gasteiger partial charge on any atom is -0.393 e. The number of anilines is 5. The third kappa shape index (κ3) is 3.10. The molecule has 0 atom stereocenters. The van der Waals surface area contributed by atoms with Gasteiger partial charge in [-0.05, 0) is 24.3 Å². The number of nitrogens with one attached hydrogen (secondary N) is 2.